The van der Waals surface area contributed by atoms with Crippen LogP contribution in [0.4, 0.5) is 10.5 Å². The lowest BCUT2D eigenvalue weighted by atomic mass is 9.96. The number of amides is 3. The number of rotatable bonds is 10. The molecule has 0 aliphatic rings. The molecule has 3 atom stereocenters. The van der Waals surface area contributed by atoms with Crippen molar-refractivity contribution >= 4 is 35.2 Å². The number of carbonyl (C=O) groups is 3. The van der Waals surface area contributed by atoms with Gasteiger partial charge in [-0.15, -0.1) is 6.42 Å². The molecular weight excluding hydrogens is 526 g/mol. The molecule has 0 aliphatic carbocycles. The monoisotopic (exact) mass is 567 g/mol. The summed E-state index contributed by atoms with van der Waals surface area (Å²) in [6.07, 6.45) is 6.34. The number of carbonyl (C=O) groups excluding carboxylic acids is 3. The van der Waals surface area contributed by atoms with Gasteiger partial charge in [0.1, 0.15) is 17.7 Å². The number of hydrogen-bond acceptors (Lipinski definition) is 4. The van der Waals surface area contributed by atoms with Crippen LogP contribution >= 0.6 is 11.6 Å². The van der Waals surface area contributed by atoms with E-state index in [2.05, 4.69) is 30.4 Å². The average molecular weight is 568 g/mol. The van der Waals surface area contributed by atoms with Gasteiger partial charge >= 0.3 is 6.09 Å². The van der Waals surface area contributed by atoms with Gasteiger partial charge in [-0.1, -0.05) is 55.6 Å². The summed E-state index contributed by atoms with van der Waals surface area (Å²) in [4.78, 5) is 42.2. The summed E-state index contributed by atoms with van der Waals surface area (Å²) in [5.74, 6) is 2.13. The number of nitrogens with one attached hydrogen (secondary N) is 2. The molecule has 0 saturated heterocycles. The highest BCUT2D eigenvalue weighted by Crippen LogP contribution is 2.31. The summed E-state index contributed by atoms with van der Waals surface area (Å²) < 4.78 is 5.37. The molecule has 0 aromatic heterocycles. The zero-order valence-electron chi connectivity index (χ0n) is 24.8. The number of anilines is 1. The van der Waals surface area contributed by atoms with E-state index in [0.717, 1.165) is 12.0 Å². The predicted molar refractivity (Wildman–Crippen MR) is 161 cm³/mol. The molecule has 216 valence electrons. The molecular formula is C32H42ClN3O4. The molecule has 3 amide bonds. The van der Waals surface area contributed by atoms with Crippen LogP contribution in [0.2, 0.25) is 5.02 Å². The van der Waals surface area contributed by atoms with Gasteiger partial charge in [0.2, 0.25) is 5.91 Å². The number of nitrogens with zero attached hydrogens (tertiary/aromatic N) is 1. The number of para-hydroxylation sites is 1. The number of alkyl carbamates (subject to hydrolysis) is 1. The summed E-state index contributed by atoms with van der Waals surface area (Å²) >= 11 is 6.43. The lowest BCUT2D eigenvalue weighted by Gasteiger charge is -2.38. The fraction of sp³-hybridized carbons (Fsp3) is 0.469. The first-order valence-electron chi connectivity index (χ1n) is 13.6. The van der Waals surface area contributed by atoms with E-state index in [1.807, 2.05) is 19.9 Å². The fourth-order valence-electron chi connectivity index (χ4n) is 4.26. The molecule has 7 nitrogen and oxygen atoms in total. The minimum Gasteiger partial charge on any atom is -0.444 e. The number of hydrogen-bond donors (Lipinski definition) is 2. The molecule has 0 bridgehead atoms. The summed E-state index contributed by atoms with van der Waals surface area (Å²) in [5.41, 5.74) is 1.76. The second kappa shape index (κ2) is 14.2. The SMILES string of the molecule is C#Cc1ccc(C(C(=O)Nc2c(C)cccc2Cl)N(C(=O)C(C)NC(=O)OC(C)(C)C)C(C)CCC(C)C)cc1. The Morgan fingerprint density at radius 1 is 1.02 bits per heavy atom. The zero-order valence-corrected chi connectivity index (χ0v) is 25.6. The van der Waals surface area contributed by atoms with E-state index in [0.29, 0.717) is 34.2 Å². The van der Waals surface area contributed by atoms with Crippen LogP contribution in [0, 0.1) is 25.2 Å². The molecule has 2 N–H and O–H groups in total. The largest absolute Gasteiger partial charge is 0.444 e. The number of halogens is 1. The Balaban J connectivity index is 2.58. The van der Waals surface area contributed by atoms with Gasteiger partial charge in [0.25, 0.3) is 5.91 Å². The van der Waals surface area contributed by atoms with Crippen LogP contribution in [-0.2, 0) is 14.3 Å². The van der Waals surface area contributed by atoms with Crippen LogP contribution in [0.15, 0.2) is 42.5 Å². The molecule has 0 radical (unpaired) electrons. The van der Waals surface area contributed by atoms with Gasteiger partial charge in [0.15, 0.2) is 0 Å². The van der Waals surface area contributed by atoms with Gasteiger partial charge in [-0.05, 0) is 89.6 Å². The number of ether oxygens (including phenoxy) is 1. The maximum Gasteiger partial charge on any atom is 0.408 e. The van der Waals surface area contributed by atoms with Crippen LogP contribution < -0.4 is 10.6 Å². The van der Waals surface area contributed by atoms with E-state index in [1.54, 1.807) is 69.0 Å². The van der Waals surface area contributed by atoms with E-state index in [-0.39, 0.29) is 6.04 Å². The van der Waals surface area contributed by atoms with E-state index in [1.165, 1.54) is 0 Å². The van der Waals surface area contributed by atoms with E-state index < -0.39 is 35.6 Å². The fourth-order valence-corrected chi connectivity index (χ4v) is 4.53. The van der Waals surface area contributed by atoms with Crippen LogP contribution in [0.1, 0.15) is 84.0 Å². The van der Waals surface area contributed by atoms with Crippen molar-refractivity contribution in [3.8, 4) is 12.3 Å². The number of aryl methyl sites for hydroxylation is 1. The van der Waals surface area contributed by atoms with Gasteiger partial charge in [-0.3, -0.25) is 9.59 Å². The van der Waals surface area contributed by atoms with Crippen LogP contribution in [-0.4, -0.2) is 40.5 Å². The Hall–Kier alpha value is -3.50. The van der Waals surface area contributed by atoms with Crippen LogP contribution in [0.3, 0.4) is 0 Å². The maximum atomic E-state index is 14.1. The Morgan fingerprint density at radius 2 is 1.65 bits per heavy atom. The molecule has 0 fully saturated rings. The maximum absolute atomic E-state index is 14.1. The van der Waals surface area contributed by atoms with E-state index in [4.69, 9.17) is 22.8 Å². The molecule has 0 heterocycles. The first kappa shape index (κ1) is 32.7. The standard InChI is InChI=1S/C32H42ClN3O4/c1-10-24-16-18-25(19-17-24)28(29(37)35-27-21(4)12-11-13-26(27)33)36(22(5)15-14-20(2)3)30(38)23(6)34-31(39)40-32(7,8)9/h1,11-13,16-20,22-23,28H,14-15H2,2-9H3,(H,34,39)(H,35,37). The van der Waals surface area contributed by atoms with Crippen molar-refractivity contribution in [2.45, 2.75) is 92.0 Å². The third-order valence-corrected chi connectivity index (χ3v) is 6.70. The molecule has 40 heavy (non-hydrogen) atoms. The molecule has 0 saturated carbocycles. The van der Waals surface area contributed by atoms with Crippen molar-refractivity contribution in [1.29, 1.82) is 0 Å². The smallest absolute Gasteiger partial charge is 0.408 e. The second-order valence-corrected chi connectivity index (χ2v) is 11.9. The van der Waals surface area contributed by atoms with Crippen LogP contribution in [0.5, 0.6) is 0 Å². The lowest BCUT2D eigenvalue weighted by Crippen LogP contribution is -2.54. The Bertz CT molecular complexity index is 1210. The summed E-state index contributed by atoms with van der Waals surface area (Å²) in [7, 11) is 0. The predicted octanol–water partition coefficient (Wildman–Crippen LogP) is 6.88. The molecule has 8 heteroatoms. The third kappa shape index (κ3) is 9.31. The normalized spacial score (nSPS) is 13.5. The Labute approximate surface area is 244 Å². The van der Waals surface area contributed by atoms with Gasteiger partial charge in [0, 0.05) is 11.6 Å². The van der Waals surface area contributed by atoms with E-state index >= 15 is 0 Å². The van der Waals surface area contributed by atoms with Crippen molar-refractivity contribution in [3.63, 3.8) is 0 Å². The highest BCUT2D eigenvalue weighted by atomic mass is 35.5. The Morgan fingerprint density at radius 3 is 2.17 bits per heavy atom. The highest BCUT2D eigenvalue weighted by molar-refractivity contribution is 6.34. The summed E-state index contributed by atoms with van der Waals surface area (Å²) in [5, 5.41) is 5.98. The first-order valence-corrected chi connectivity index (χ1v) is 14.0. The Kier molecular flexibility index (Phi) is 11.6. The third-order valence-electron chi connectivity index (χ3n) is 6.38. The number of benzene rings is 2. The minimum absolute atomic E-state index is 0.340. The van der Waals surface area contributed by atoms with Gasteiger partial charge < -0.3 is 20.3 Å². The van der Waals surface area contributed by atoms with Crippen molar-refractivity contribution in [2.24, 2.45) is 5.92 Å². The summed E-state index contributed by atoms with van der Waals surface area (Å²) in [6.45, 7) is 14.8. The lowest BCUT2D eigenvalue weighted by molar-refractivity contribution is -0.143. The van der Waals surface area contributed by atoms with Gasteiger partial charge in [-0.25, -0.2) is 4.79 Å². The molecule has 2 rings (SSSR count). The first-order chi connectivity index (χ1) is 18.6. The van der Waals surface area contributed by atoms with Crippen molar-refractivity contribution in [2.75, 3.05) is 5.32 Å². The van der Waals surface area contributed by atoms with Crippen molar-refractivity contribution < 1.29 is 19.1 Å². The molecule has 2 aromatic rings. The quantitative estimate of drug-likeness (QED) is 0.306. The topological polar surface area (TPSA) is 87.7 Å². The molecule has 0 aliphatic heterocycles. The van der Waals surface area contributed by atoms with Gasteiger partial charge in [0.05, 0.1) is 10.7 Å². The minimum atomic E-state index is -1.03. The zero-order chi connectivity index (χ0) is 30.2. The average Bonchev–Trinajstić information content (AvgIpc) is 2.86. The molecule has 2 aromatic carbocycles. The van der Waals surface area contributed by atoms with Crippen molar-refractivity contribution in [3.05, 3.63) is 64.2 Å². The molecule has 0 spiro atoms. The molecule has 3 unspecified atom stereocenters. The van der Waals surface area contributed by atoms with Crippen LogP contribution in [0.25, 0.3) is 0 Å². The highest BCUT2D eigenvalue weighted by Gasteiger charge is 2.38. The number of terminal acetylenes is 1. The second-order valence-electron chi connectivity index (χ2n) is 11.5. The van der Waals surface area contributed by atoms with Crippen molar-refractivity contribution in [1.82, 2.24) is 10.2 Å². The van der Waals surface area contributed by atoms with Gasteiger partial charge in [-0.2, -0.15) is 0 Å². The summed E-state index contributed by atoms with van der Waals surface area (Å²) in [6, 6.07) is 9.99. The van der Waals surface area contributed by atoms with E-state index in [9.17, 15) is 14.4 Å².